The van der Waals surface area contributed by atoms with Crippen LogP contribution in [0.5, 0.6) is 0 Å². The van der Waals surface area contributed by atoms with E-state index in [1.165, 1.54) is 12.1 Å². The van der Waals surface area contributed by atoms with Gasteiger partial charge in [-0.2, -0.15) is 0 Å². The molecule has 0 saturated heterocycles. The van der Waals surface area contributed by atoms with E-state index in [0.29, 0.717) is 23.4 Å². The highest BCUT2D eigenvalue weighted by molar-refractivity contribution is 7.92. The molecule has 3 rings (SSSR count). The van der Waals surface area contributed by atoms with Crippen molar-refractivity contribution >= 4 is 21.6 Å². The van der Waals surface area contributed by atoms with Crippen molar-refractivity contribution in [1.29, 1.82) is 0 Å². The van der Waals surface area contributed by atoms with E-state index in [2.05, 4.69) is 15.0 Å². The van der Waals surface area contributed by atoms with Gasteiger partial charge in [0.2, 0.25) is 0 Å². The summed E-state index contributed by atoms with van der Waals surface area (Å²) in [4.78, 5) is 16.6. The first-order chi connectivity index (χ1) is 13.8. The molecule has 0 atom stereocenters. The fourth-order valence-electron chi connectivity index (χ4n) is 2.91. The minimum absolute atomic E-state index is 0.0492. The normalized spacial score (nSPS) is 11.2. The van der Waals surface area contributed by atoms with Gasteiger partial charge in [-0.15, -0.1) is 0 Å². The van der Waals surface area contributed by atoms with Crippen LogP contribution in [0.15, 0.2) is 66.1 Å². The van der Waals surface area contributed by atoms with Crippen molar-refractivity contribution in [2.24, 2.45) is 0 Å². The molecule has 29 heavy (non-hydrogen) atoms. The van der Waals surface area contributed by atoms with Gasteiger partial charge in [0.1, 0.15) is 0 Å². The zero-order valence-corrected chi connectivity index (χ0v) is 17.2. The Balaban J connectivity index is 1.68. The SMILES string of the molecule is Cc1cccc(NS(=O)(=O)c2ccc(C)c(C(=O)NCCCn3ccnc3)c2)c1. The largest absolute Gasteiger partial charge is 0.352 e. The summed E-state index contributed by atoms with van der Waals surface area (Å²) in [7, 11) is -3.80. The van der Waals surface area contributed by atoms with Gasteiger partial charge in [0.15, 0.2) is 0 Å². The molecule has 1 heterocycles. The van der Waals surface area contributed by atoms with Crippen LogP contribution in [-0.4, -0.2) is 30.4 Å². The first kappa shape index (κ1) is 20.6. The molecule has 0 aliphatic carbocycles. The number of hydrogen-bond donors (Lipinski definition) is 2. The van der Waals surface area contributed by atoms with E-state index < -0.39 is 10.0 Å². The van der Waals surface area contributed by atoms with Crippen LogP contribution in [-0.2, 0) is 16.6 Å². The molecule has 0 fully saturated rings. The Labute approximate surface area is 170 Å². The summed E-state index contributed by atoms with van der Waals surface area (Å²) in [5.41, 5.74) is 2.49. The van der Waals surface area contributed by atoms with Crippen molar-refractivity contribution in [2.75, 3.05) is 11.3 Å². The van der Waals surface area contributed by atoms with Crippen molar-refractivity contribution < 1.29 is 13.2 Å². The summed E-state index contributed by atoms with van der Waals surface area (Å²) in [5.74, 6) is -0.291. The Morgan fingerprint density at radius 2 is 1.97 bits per heavy atom. The Hall–Kier alpha value is -3.13. The summed E-state index contributed by atoms with van der Waals surface area (Å²) >= 11 is 0. The van der Waals surface area contributed by atoms with Gasteiger partial charge in [-0.05, 0) is 55.7 Å². The lowest BCUT2D eigenvalue weighted by molar-refractivity contribution is 0.0952. The van der Waals surface area contributed by atoms with Crippen LogP contribution in [0.2, 0.25) is 0 Å². The van der Waals surface area contributed by atoms with Gasteiger partial charge in [-0.1, -0.05) is 18.2 Å². The van der Waals surface area contributed by atoms with Crippen molar-refractivity contribution in [3.05, 3.63) is 77.9 Å². The van der Waals surface area contributed by atoms with E-state index in [1.54, 1.807) is 43.7 Å². The number of carbonyl (C=O) groups is 1. The van der Waals surface area contributed by atoms with E-state index in [9.17, 15) is 13.2 Å². The lowest BCUT2D eigenvalue weighted by Gasteiger charge is -2.12. The van der Waals surface area contributed by atoms with Crippen molar-refractivity contribution in [3.8, 4) is 0 Å². The van der Waals surface area contributed by atoms with Gasteiger partial charge in [0.25, 0.3) is 15.9 Å². The third kappa shape index (κ3) is 5.45. The van der Waals surface area contributed by atoms with Crippen LogP contribution in [0.3, 0.4) is 0 Å². The first-order valence-corrected chi connectivity index (χ1v) is 10.8. The first-order valence-electron chi connectivity index (χ1n) is 9.29. The molecule has 0 aliphatic heterocycles. The second-order valence-corrected chi connectivity index (χ2v) is 8.54. The predicted molar refractivity (Wildman–Crippen MR) is 112 cm³/mol. The molecule has 0 bridgehead atoms. The van der Waals surface area contributed by atoms with E-state index in [4.69, 9.17) is 0 Å². The number of carbonyl (C=O) groups excluding carboxylic acids is 1. The molecule has 2 N–H and O–H groups in total. The van der Waals surface area contributed by atoms with Crippen LogP contribution < -0.4 is 10.0 Å². The number of amides is 1. The number of nitrogens with zero attached hydrogens (tertiary/aromatic N) is 2. The average Bonchev–Trinajstić information content (AvgIpc) is 3.18. The van der Waals surface area contributed by atoms with Gasteiger partial charge in [-0.3, -0.25) is 9.52 Å². The Kier molecular flexibility index (Phi) is 6.33. The number of benzene rings is 2. The number of anilines is 1. The molecule has 7 nitrogen and oxygen atoms in total. The van der Waals surface area contributed by atoms with Crippen LogP contribution in [0.4, 0.5) is 5.69 Å². The molecule has 1 amide bonds. The molecule has 0 spiro atoms. The summed E-state index contributed by atoms with van der Waals surface area (Å²) in [6, 6.07) is 11.7. The lowest BCUT2D eigenvalue weighted by atomic mass is 10.1. The maximum absolute atomic E-state index is 12.7. The number of aryl methyl sites for hydroxylation is 3. The highest BCUT2D eigenvalue weighted by Crippen LogP contribution is 2.20. The molecule has 0 unspecified atom stereocenters. The Bertz CT molecular complexity index is 1090. The number of imidazole rings is 1. The molecule has 2 aromatic carbocycles. The van der Waals surface area contributed by atoms with E-state index >= 15 is 0 Å². The molecule has 0 saturated carbocycles. The topological polar surface area (TPSA) is 93.1 Å². The third-order valence-electron chi connectivity index (χ3n) is 4.47. The van der Waals surface area contributed by atoms with Crippen LogP contribution in [0.1, 0.15) is 27.9 Å². The van der Waals surface area contributed by atoms with Crippen LogP contribution in [0.25, 0.3) is 0 Å². The van der Waals surface area contributed by atoms with Crippen molar-refractivity contribution in [1.82, 2.24) is 14.9 Å². The molecule has 8 heteroatoms. The van der Waals surface area contributed by atoms with Gasteiger partial charge in [0.05, 0.1) is 11.2 Å². The molecule has 0 radical (unpaired) electrons. The van der Waals surface area contributed by atoms with Crippen molar-refractivity contribution in [3.63, 3.8) is 0 Å². The quantitative estimate of drug-likeness (QED) is 0.556. The zero-order chi connectivity index (χ0) is 20.9. The predicted octanol–water partition coefficient (Wildman–Crippen LogP) is 3.12. The number of hydrogen-bond acceptors (Lipinski definition) is 4. The summed E-state index contributed by atoms with van der Waals surface area (Å²) in [6.45, 7) is 4.90. The smallest absolute Gasteiger partial charge is 0.261 e. The van der Waals surface area contributed by atoms with Crippen LogP contribution in [0, 0.1) is 13.8 Å². The molecular formula is C21H24N4O3S. The van der Waals surface area contributed by atoms with E-state index in [0.717, 1.165) is 18.5 Å². The Morgan fingerprint density at radius 1 is 1.14 bits per heavy atom. The standard InChI is InChI=1S/C21H24N4O3S/c1-16-5-3-6-18(13-16)24-29(27,28)19-8-7-17(2)20(14-19)21(26)23-9-4-11-25-12-10-22-15-25/h3,5-8,10,12-15,24H,4,9,11H2,1-2H3,(H,23,26). The maximum Gasteiger partial charge on any atom is 0.261 e. The van der Waals surface area contributed by atoms with Gasteiger partial charge >= 0.3 is 0 Å². The highest BCUT2D eigenvalue weighted by Gasteiger charge is 2.18. The lowest BCUT2D eigenvalue weighted by Crippen LogP contribution is -2.26. The third-order valence-corrected chi connectivity index (χ3v) is 5.85. The van der Waals surface area contributed by atoms with Crippen LogP contribution >= 0.6 is 0 Å². The molecule has 152 valence electrons. The monoisotopic (exact) mass is 412 g/mol. The summed E-state index contributed by atoms with van der Waals surface area (Å²) in [6.07, 6.45) is 6.04. The summed E-state index contributed by atoms with van der Waals surface area (Å²) in [5, 5.41) is 2.85. The number of aromatic nitrogens is 2. The van der Waals surface area contributed by atoms with Gasteiger partial charge < -0.3 is 9.88 Å². The number of rotatable bonds is 8. The van der Waals surface area contributed by atoms with Crippen molar-refractivity contribution in [2.45, 2.75) is 31.7 Å². The summed E-state index contributed by atoms with van der Waals surface area (Å²) < 4.78 is 30.0. The molecule has 1 aromatic heterocycles. The fourth-order valence-corrected chi connectivity index (χ4v) is 3.99. The second-order valence-electron chi connectivity index (χ2n) is 6.86. The fraction of sp³-hybridized carbons (Fsp3) is 0.238. The second kappa shape index (κ2) is 8.91. The van der Waals surface area contributed by atoms with E-state index in [-0.39, 0.29) is 10.8 Å². The number of sulfonamides is 1. The van der Waals surface area contributed by atoms with Gasteiger partial charge in [0, 0.05) is 36.7 Å². The maximum atomic E-state index is 12.7. The minimum Gasteiger partial charge on any atom is -0.352 e. The zero-order valence-electron chi connectivity index (χ0n) is 16.4. The van der Waals surface area contributed by atoms with E-state index in [1.807, 2.05) is 23.8 Å². The minimum atomic E-state index is -3.80. The molecule has 3 aromatic rings. The highest BCUT2D eigenvalue weighted by atomic mass is 32.2. The number of nitrogens with one attached hydrogen (secondary N) is 2. The molecule has 0 aliphatic rings. The Morgan fingerprint density at radius 3 is 2.69 bits per heavy atom. The van der Waals surface area contributed by atoms with Gasteiger partial charge in [-0.25, -0.2) is 13.4 Å². The average molecular weight is 413 g/mol. The molecular weight excluding hydrogens is 388 g/mol.